The van der Waals surface area contributed by atoms with Gasteiger partial charge in [-0.3, -0.25) is 0 Å². The Balaban J connectivity index is 1.91. The number of benzene rings is 5. The van der Waals surface area contributed by atoms with Gasteiger partial charge in [-0.15, -0.1) is 0 Å². The van der Waals surface area contributed by atoms with Gasteiger partial charge in [-0.2, -0.15) is 0 Å². The Morgan fingerprint density at radius 3 is 1.18 bits per heavy atom. The second kappa shape index (κ2) is 11.7. The van der Waals surface area contributed by atoms with Crippen LogP contribution in [0.3, 0.4) is 0 Å². The van der Waals surface area contributed by atoms with Gasteiger partial charge in [-0.05, 0) is 0 Å². The SMILES string of the molecule is CC(C)(C)c1ccc(P(O)(O)(O)c2cc3ccc(C(C)(C)C)cc3cc2C(C)(C)C)c(-c2cc3ccc(C(C)(C)C)cc3cc2C(C)(C)C)c1. The number of fused-ring (bicyclic) bond motifs is 2. The van der Waals surface area contributed by atoms with Crippen LogP contribution in [-0.4, -0.2) is 14.7 Å². The minimum atomic E-state index is -5.79. The predicted molar refractivity (Wildman–Crippen MR) is 220 cm³/mol. The molecule has 5 aromatic rings. The van der Waals surface area contributed by atoms with E-state index in [1.807, 2.05) is 18.2 Å². The van der Waals surface area contributed by atoms with Crippen LogP contribution in [-0.2, 0) is 27.1 Å². The maximum atomic E-state index is 12.8. The van der Waals surface area contributed by atoms with Crippen molar-refractivity contribution < 1.29 is 14.7 Å². The van der Waals surface area contributed by atoms with Gasteiger partial charge >= 0.3 is 303 Å². The first-order chi connectivity index (χ1) is 22.5. The monoisotopic (exact) mass is 692 g/mol. The molecule has 0 saturated carbocycles. The molecule has 0 atom stereocenters. The first-order valence-corrected chi connectivity index (χ1v) is 20.2. The second-order valence-electron chi connectivity index (χ2n) is 19.9. The van der Waals surface area contributed by atoms with Gasteiger partial charge in [0, 0.05) is 0 Å². The van der Waals surface area contributed by atoms with Crippen molar-refractivity contribution >= 4 is 39.4 Å². The molecule has 0 radical (unpaired) electrons. The zero-order valence-electron chi connectivity index (χ0n) is 33.3. The third-order valence-corrected chi connectivity index (χ3v) is 12.9. The normalized spacial score (nSPS) is 14.6. The van der Waals surface area contributed by atoms with E-state index in [1.165, 1.54) is 11.1 Å². The quantitative estimate of drug-likeness (QED) is 0.165. The van der Waals surface area contributed by atoms with Crippen LogP contribution in [0.15, 0.2) is 78.9 Å². The Kier molecular flexibility index (Phi) is 8.95. The molecule has 0 aliphatic carbocycles. The molecule has 0 unspecified atom stereocenters. The molecule has 5 rings (SSSR count). The van der Waals surface area contributed by atoms with Crippen molar-refractivity contribution in [1.29, 1.82) is 0 Å². The molecule has 0 aromatic heterocycles. The fourth-order valence-electron chi connectivity index (χ4n) is 7.01. The summed E-state index contributed by atoms with van der Waals surface area (Å²) in [6.07, 6.45) is 0. The second-order valence-corrected chi connectivity index (χ2v) is 22.8. The predicted octanol–water partition coefficient (Wildman–Crippen LogP) is 11.4. The summed E-state index contributed by atoms with van der Waals surface area (Å²) in [5.74, 6) is 0. The molecule has 0 bridgehead atoms. The van der Waals surface area contributed by atoms with Crippen molar-refractivity contribution in [2.75, 3.05) is 0 Å². The van der Waals surface area contributed by atoms with Crippen LogP contribution in [0.1, 0.15) is 132 Å². The molecule has 4 heteroatoms. The average molecular weight is 693 g/mol. The Labute approximate surface area is 302 Å². The molecule has 0 aliphatic heterocycles. The molecular formula is C46H61O3P. The van der Waals surface area contributed by atoms with Crippen LogP contribution in [0.2, 0.25) is 0 Å². The summed E-state index contributed by atoms with van der Waals surface area (Å²) >= 11 is 0. The van der Waals surface area contributed by atoms with Gasteiger partial charge in [-0.25, -0.2) is 0 Å². The fourth-order valence-corrected chi connectivity index (χ4v) is 9.47. The third-order valence-electron chi connectivity index (χ3n) is 10.3. The molecule has 5 aromatic carbocycles. The van der Waals surface area contributed by atoms with E-state index in [1.54, 1.807) is 6.07 Å². The van der Waals surface area contributed by atoms with Crippen molar-refractivity contribution in [3.8, 4) is 11.1 Å². The fraction of sp³-hybridized carbons (Fsp3) is 0.435. The zero-order valence-corrected chi connectivity index (χ0v) is 34.2. The summed E-state index contributed by atoms with van der Waals surface area (Å²) < 4.78 is 0. The van der Waals surface area contributed by atoms with Gasteiger partial charge in [0.15, 0.2) is 0 Å². The summed E-state index contributed by atoms with van der Waals surface area (Å²) in [4.78, 5) is 38.5. The maximum absolute atomic E-state index is 12.8. The summed E-state index contributed by atoms with van der Waals surface area (Å²) in [6.45, 7) is 32.5. The minimum absolute atomic E-state index is 0.00378. The van der Waals surface area contributed by atoms with Crippen molar-refractivity contribution in [1.82, 2.24) is 0 Å². The molecule has 50 heavy (non-hydrogen) atoms. The summed E-state index contributed by atoms with van der Waals surface area (Å²) in [5, 5.41) is 4.44. The van der Waals surface area contributed by atoms with E-state index in [0.717, 1.165) is 43.8 Å². The van der Waals surface area contributed by atoms with Gasteiger partial charge < -0.3 is 0 Å². The van der Waals surface area contributed by atoms with Crippen LogP contribution in [0, 0.1) is 0 Å². The standard InChI is InChI=1S/C46H61O3P/c1-42(2,3)33-18-16-29-24-36(38(45(10,11)12)25-31(29)22-33)37-28-35(44(7,8)9)20-21-40(37)50(47,48,49)41-27-30-17-19-34(43(4,5)6)23-32(30)26-39(41)46(13,14)15/h16-28,47-49H,1-15H3. The van der Waals surface area contributed by atoms with Crippen molar-refractivity contribution in [2.45, 2.75) is 131 Å². The van der Waals surface area contributed by atoms with Crippen LogP contribution >= 0.6 is 7.28 Å². The molecule has 0 heterocycles. The van der Waals surface area contributed by atoms with E-state index in [9.17, 15) is 14.7 Å². The first-order valence-electron chi connectivity index (χ1n) is 18.1. The number of hydrogen-bond acceptors (Lipinski definition) is 3. The Bertz CT molecular complexity index is 2110. The van der Waals surface area contributed by atoms with Crippen molar-refractivity contribution in [2.24, 2.45) is 0 Å². The van der Waals surface area contributed by atoms with E-state index in [2.05, 4.69) is 158 Å². The molecule has 0 aliphatic rings. The Morgan fingerprint density at radius 2 is 0.740 bits per heavy atom. The molecule has 3 nitrogen and oxygen atoms in total. The molecule has 0 fully saturated rings. The van der Waals surface area contributed by atoms with Crippen molar-refractivity contribution in [3.05, 3.63) is 107 Å². The topological polar surface area (TPSA) is 60.7 Å². The van der Waals surface area contributed by atoms with Gasteiger partial charge in [0.1, 0.15) is 0 Å². The Hall–Kier alpha value is -3.07. The molecule has 3 N–H and O–H groups in total. The zero-order chi connectivity index (χ0) is 37.6. The molecule has 0 saturated heterocycles. The van der Waals surface area contributed by atoms with E-state index < -0.39 is 12.7 Å². The molecule has 268 valence electrons. The van der Waals surface area contributed by atoms with Crippen molar-refractivity contribution in [3.63, 3.8) is 0 Å². The van der Waals surface area contributed by atoms with Crippen LogP contribution in [0.5, 0.6) is 0 Å². The van der Waals surface area contributed by atoms with Crippen LogP contribution < -0.4 is 10.6 Å². The van der Waals surface area contributed by atoms with Gasteiger partial charge in [0.2, 0.25) is 0 Å². The third kappa shape index (κ3) is 7.18. The van der Waals surface area contributed by atoms with Gasteiger partial charge in [0.05, 0.1) is 0 Å². The van der Waals surface area contributed by atoms with E-state index in [4.69, 9.17) is 0 Å². The molecule has 0 amide bonds. The number of hydrogen-bond donors (Lipinski definition) is 3. The summed E-state index contributed by atoms with van der Waals surface area (Å²) in [5.41, 5.74) is 5.84. The van der Waals surface area contributed by atoms with Gasteiger partial charge in [-0.1, -0.05) is 0 Å². The summed E-state index contributed by atoms with van der Waals surface area (Å²) in [6, 6.07) is 27.1. The first kappa shape index (κ1) is 38.2. The van der Waals surface area contributed by atoms with E-state index in [0.29, 0.717) is 5.56 Å². The Morgan fingerprint density at radius 1 is 0.340 bits per heavy atom. The van der Waals surface area contributed by atoms with Crippen LogP contribution in [0.25, 0.3) is 32.7 Å². The number of rotatable bonds is 3. The van der Waals surface area contributed by atoms with E-state index in [-0.39, 0.29) is 32.3 Å². The summed E-state index contributed by atoms with van der Waals surface area (Å²) in [7, 11) is -5.79. The molecule has 0 spiro atoms. The van der Waals surface area contributed by atoms with Crippen LogP contribution in [0.4, 0.5) is 0 Å². The van der Waals surface area contributed by atoms with Gasteiger partial charge in [0.25, 0.3) is 0 Å². The molecular weight excluding hydrogens is 631 g/mol. The van der Waals surface area contributed by atoms with E-state index >= 15 is 0 Å². The average Bonchev–Trinajstić information content (AvgIpc) is 2.96.